The molecule has 0 bridgehead atoms. The maximum atomic E-state index is 12.2. The number of phenolic OH excluding ortho intramolecular Hbond substituents is 2. The van der Waals surface area contributed by atoms with Crippen molar-refractivity contribution in [3.63, 3.8) is 0 Å². The number of thiazole rings is 1. The molecule has 1 aromatic heterocycles. The number of nitrogens with zero attached hydrogens (tertiary/aromatic N) is 1. The number of benzene rings is 2. The molecule has 0 radical (unpaired) electrons. The third kappa shape index (κ3) is 3.81. The Morgan fingerprint density at radius 2 is 1.88 bits per heavy atom. The Hall–Kier alpha value is -3.39. The van der Waals surface area contributed by atoms with Gasteiger partial charge in [-0.1, -0.05) is 18.2 Å². The number of anilines is 1. The van der Waals surface area contributed by atoms with Gasteiger partial charge in [0.25, 0.3) is 0 Å². The normalized spacial score (nSPS) is 10.5. The van der Waals surface area contributed by atoms with Crippen LogP contribution >= 0.6 is 11.3 Å². The fraction of sp³-hybridized carbons (Fsp3) is 0.0556. The zero-order valence-corrected chi connectivity index (χ0v) is 14.2. The van der Waals surface area contributed by atoms with Crippen molar-refractivity contribution in [3.8, 4) is 22.8 Å². The summed E-state index contributed by atoms with van der Waals surface area (Å²) in [6.45, 7) is 0. The second kappa shape index (κ2) is 7.24. The highest BCUT2D eigenvalue weighted by Gasteiger charge is 2.15. The SMILES string of the molecule is O=C(Cc1ccccc1C(=O)O)Nc1nc(-c2ccc(O)cc2O)cs1. The number of phenols is 2. The first-order valence-corrected chi connectivity index (χ1v) is 8.41. The number of rotatable bonds is 5. The summed E-state index contributed by atoms with van der Waals surface area (Å²) in [5.74, 6) is -1.67. The van der Waals surface area contributed by atoms with E-state index in [1.54, 1.807) is 23.6 Å². The minimum atomic E-state index is -1.09. The predicted octanol–water partition coefficient (Wildman–Crippen LogP) is 3.10. The average molecular weight is 370 g/mol. The number of aromatic carboxylic acids is 1. The fourth-order valence-corrected chi connectivity index (χ4v) is 3.14. The molecule has 3 aromatic rings. The third-order valence-corrected chi connectivity index (χ3v) is 4.36. The molecular weight excluding hydrogens is 356 g/mol. The van der Waals surface area contributed by atoms with Crippen LogP contribution in [0.15, 0.2) is 47.8 Å². The van der Waals surface area contributed by atoms with Crippen molar-refractivity contribution in [2.24, 2.45) is 0 Å². The number of carboxylic acid groups (broad SMARTS) is 1. The summed E-state index contributed by atoms with van der Waals surface area (Å²) >= 11 is 1.17. The average Bonchev–Trinajstić information content (AvgIpc) is 3.03. The summed E-state index contributed by atoms with van der Waals surface area (Å²) in [5.41, 5.74) is 1.37. The Morgan fingerprint density at radius 1 is 1.12 bits per heavy atom. The first-order chi connectivity index (χ1) is 12.4. The quantitative estimate of drug-likeness (QED) is 0.548. The van der Waals surface area contributed by atoms with Gasteiger partial charge < -0.3 is 20.6 Å². The van der Waals surface area contributed by atoms with E-state index in [2.05, 4.69) is 10.3 Å². The monoisotopic (exact) mass is 370 g/mol. The van der Waals surface area contributed by atoms with E-state index in [1.165, 1.54) is 35.6 Å². The number of hydrogen-bond acceptors (Lipinski definition) is 6. The van der Waals surface area contributed by atoms with E-state index in [0.717, 1.165) is 0 Å². The van der Waals surface area contributed by atoms with Crippen LogP contribution in [-0.4, -0.2) is 32.2 Å². The number of aromatic nitrogens is 1. The van der Waals surface area contributed by atoms with Gasteiger partial charge in [-0.2, -0.15) is 0 Å². The van der Waals surface area contributed by atoms with Crippen LogP contribution in [0.2, 0.25) is 0 Å². The minimum absolute atomic E-state index is 0.0629. The van der Waals surface area contributed by atoms with Gasteiger partial charge in [0.05, 0.1) is 17.7 Å². The topological polar surface area (TPSA) is 120 Å². The van der Waals surface area contributed by atoms with Crippen molar-refractivity contribution in [1.82, 2.24) is 4.98 Å². The predicted molar refractivity (Wildman–Crippen MR) is 96.6 cm³/mol. The number of hydrogen-bond donors (Lipinski definition) is 4. The van der Waals surface area contributed by atoms with E-state index >= 15 is 0 Å². The van der Waals surface area contributed by atoms with Gasteiger partial charge in [-0.3, -0.25) is 4.79 Å². The highest BCUT2D eigenvalue weighted by atomic mass is 32.1. The highest BCUT2D eigenvalue weighted by molar-refractivity contribution is 7.14. The van der Waals surface area contributed by atoms with Crippen LogP contribution in [0, 0.1) is 0 Å². The maximum Gasteiger partial charge on any atom is 0.335 e. The molecule has 4 N–H and O–H groups in total. The van der Waals surface area contributed by atoms with Gasteiger partial charge >= 0.3 is 5.97 Å². The Bertz CT molecular complexity index is 983. The van der Waals surface area contributed by atoms with E-state index < -0.39 is 11.9 Å². The molecule has 0 aliphatic rings. The molecule has 0 saturated heterocycles. The Balaban J connectivity index is 1.73. The number of carbonyl (C=O) groups excluding carboxylic acids is 1. The molecule has 132 valence electrons. The van der Waals surface area contributed by atoms with Crippen molar-refractivity contribution in [1.29, 1.82) is 0 Å². The van der Waals surface area contributed by atoms with Crippen molar-refractivity contribution in [3.05, 3.63) is 59.0 Å². The van der Waals surface area contributed by atoms with Gasteiger partial charge in [0.2, 0.25) is 5.91 Å². The molecular formula is C18H14N2O5S. The molecule has 0 spiro atoms. The molecule has 3 rings (SSSR count). The molecule has 7 nitrogen and oxygen atoms in total. The second-order valence-corrected chi connectivity index (χ2v) is 6.28. The lowest BCUT2D eigenvalue weighted by Crippen LogP contribution is -2.16. The van der Waals surface area contributed by atoms with Gasteiger partial charge in [0.15, 0.2) is 5.13 Å². The van der Waals surface area contributed by atoms with E-state index in [-0.39, 0.29) is 23.5 Å². The molecule has 0 saturated carbocycles. The summed E-state index contributed by atoms with van der Waals surface area (Å²) in [6, 6.07) is 10.5. The van der Waals surface area contributed by atoms with Gasteiger partial charge in [-0.15, -0.1) is 11.3 Å². The second-order valence-electron chi connectivity index (χ2n) is 5.43. The zero-order chi connectivity index (χ0) is 18.7. The van der Waals surface area contributed by atoms with Crippen LogP contribution in [0.4, 0.5) is 5.13 Å². The van der Waals surface area contributed by atoms with Crippen molar-refractivity contribution in [2.75, 3.05) is 5.32 Å². The lowest BCUT2D eigenvalue weighted by molar-refractivity contribution is -0.115. The Labute approximate surface area is 152 Å². The van der Waals surface area contributed by atoms with Crippen molar-refractivity contribution in [2.45, 2.75) is 6.42 Å². The summed E-state index contributed by atoms with van der Waals surface area (Å²) in [4.78, 5) is 27.6. The first kappa shape index (κ1) is 17.4. The molecule has 26 heavy (non-hydrogen) atoms. The van der Waals surface area contributed by atoms with Crippen LogP contribution < -0.4 is 5.32 Å². The lowest BCUT2D eigenvalue weighted by Gasteiger charge is -2.05. The van der Waals surface area contributed by atoms with E-state index in [1.807, 2.05) is 0 Å². The number of carbonyl (C=O) groups is 2. The molecule has 2 aromatic carbocycles. The molecule has 1 amide bonds. The van der Waals surface area contributed by atoms with Crippen molar-refractivity contribution >= 4 is 28.3 Å². The van der Waals surface area contributed by atoms with Gasteiger partial charge in [0.1, 0.15) is 11.5 Å². The molecule has 0 unspecified atom stereocenters. The van der Waals surface area contributed by atoms with Crippen molar-refractivity contribution < 1.29 is 24.9 Å². The summed E-state index contributed by atoms with van der Waals surface area (Å²) in [6.07, 6.45) is -0.0954. The maximum absolute atomic E-state index is 12.2. The molecule has 8 heteroatoms. The van der Waals surface area contributed by atoms with E-state index in [4.69, 9.17) is 5.11 Å². The number of amides is 1. The van der Waals surface area contributed by atoms with Gasteiger partial charge in [0, 0.05) is 17.0 Å². The molecule has 0 aliphatic carbocycles. The van der Waals surface area contributed by atoms with Crippen LogP contribution in [-0.2, 0) is 11.2 Å². The molecule has 0 fully saturated rings. The molecule has 1 heterocycles. The largest absolute Gasteiger partial charge is 0.508 e. The minimum Gasteiger partial charge on any atom is -0.508 e. The Kier molecular flexibility index (Phi) is 4.85. The first-order valence-electron chi connectivity index (χ1n) is 7.53. The van der Waals surface area contributed by atoms with Gasteiger partial charge in [-0.05, 0) is 23.8 Å². The van der Waals surface area contributed by atoms with Crippen LogP contribution in [0.25, 0.3) is 11.3 Å². The molecule has 0 atom stereocenters. The highest BCUT2D eigenvalue weighted by Crippen LogP contribution is 2.33. The number of nitrogens with one attached hydrogen (secondary N) is 1. The number of carboxylic acids is 1. The van der Waals surface area contributed by atoms with E-state index in [9.17, 15) is 19.8 Å². The van der Waals surface area contributed by atoms with Gasteiger partial charge in [-0.25, -0.2) is 9.78 Å². The fourth-order valence-electron chi connectivity index (χ4n) is 2.41. The van der Waals surface area contributed by atoms with E-state index in [0.29, 0.717) is 22.0 Å². The smallest absolute Gasteiger partial charge is 0.335 e. The standard InChI is InChI=1S/C18H14N2O5S/c21-11-5-6-13(15(22)8-11)14-9-26-18(19-14)20-16(23)7-10-3-1-2-4-12(10)17(24)25/h1-6,8-9,21-22H,7H2,(H,24,25)(H,19,20,23). The zero-order valence-electron chi connectivity index (χ0n) is 13.3. The third-order valence-electron chi connectivity index (χ3n) is 3.61. The van der Waals surface area contributed by atoms with Crippen LogP contribution in [0.3, 0.4) is 0 Å². The summed E-state index contributed by atoms with van der Waals surface area (Å²) in [5, 5.41) is 33.0. The Morgan fingerprint density at radius 3 is 2.62 bits per heavy atom. The summed E-state index contributed by atoms with van der Waals surface area (Å²) in [7, 11) is 0. The summed E-state index contributed by atoms with van der Waals surface area (Å²) < 4.78 is 0. The van der Waals surface area contributed by atoms with Crippen LogP contribution in [0.1, 0.15) is 15.9 Å². The lowest BCUT2D eigenvalue weighted by atomic mass is 10.0. The number of aromatic hydroxyl groups is 2. The molecule has 0 aliphatic heterocycles. The van der Waals surface area contributed by atoms with Crippen LogP contribution in [0.5, 0.6) is 11.5 Å².